The van der Waals surface area contributed by atoms with Gasteiger partial charge in [-0.25, -0.2) is 30.3 Å². The summed E-state index contributed by atoms with van der Waals surface area (Å²) in [5.74, 6) is -0.660. The fourth-order valence-electron chi connectivity index (χ4n) is 11.6. The maximum atomic E-state index is 14.3. The van der Waals surface area contributed by atoms with Crippen molar-refractivity contribution in [2.45, 2.75) is 117 Å². The SMILES string of the molecule is CC1(C)CCC(CN2CCN(c3ccc(C(=O)NS(=O)(=O)c4ccc(NC(CCN5CCN(C(=O)CCCCCN)CC5)CSc5ccccc5)c(S(=O)(=O)C(F)(F)F)c4)cc3)CC2)=C(C23CC(C(F)F)(C2)C3)C1. The van der Waals surface area contributed by atoms with E-state index in [2.05, 4.69) is 33.9 Å². The van der Waals surface area contributed by atoms with Crippen molar-refractivity contribution in [3.8, 4) is 0 Å². The summed E-state index contributed by atoms with van der Waals surface area (Å²) in [6.45, 7) is 11.5. The van der Waals surface area contributed by atoms with Gasteiger partial charge in [-0.1, -0.05) is 49.6 Å². The number of alkyl halides is 5. The molecule has 2 aliphatic heterocycles. The lowest BCUT2D eigenvalue weighted by molar-refractivity contribution is -0.250. The van der Waals surface area contributed by atoms with Crippen molar-refractivity contribution in [3.63, 3.8) is 0 Å². The lowest BCUT2D eigenvalue weighted by Gasteiger charge is -2.72. The van der Waals surface area contributed by atoms with Crippen LogP contribution in [0.4, 0.5) is 33.3 Å². The molecule has 1 unspecified atom stereocenters. The minimum absolute atomic E-state index is 0.0376. The molecule has 13 nitrogen and oxygen atoms in total. The van der Waals surface area contributed by atoms with Crippen LogP contribution in [-0.2, 0) is 24.7 Å². The first kappa shape index (κ1) is 55.9. The van der Waals surface area contributed by atoms with Crippen molar-refractivity contribution >= 4 is 54.8 Å². The van der Waals surface area contributed by atoms with Gasteiger partial charge in [-0.05, 0) is 130 Å². The Morgan fingerprint density at radius 1 is 0.824 bits per heavy atom. The molecule has 3 saturated carbocycles. The first-order valence-corrected chi connectivity index (χ1v) is 29.7. The molecule has 2 heterocycles. The Balaban J connectivity index is 0.901. The van der Waals surface area contributed by atoms with Gasteiger partial charge >= 0.3 is 5.51 Å². The highest BCUT2D eigenvalue weighted by atomic mass is 32.2. The molecule has 21 heteroatoms. The highest BCUT2D eigenvalue weighted by Gasteiger charge is 2.73. The van der Waals surface area contributed by atoms with Crippen molar-refractivity contribution < 1.29 is 48.4 Å². The fourth-order valence-corrected chi connectivity index (χ4v) is 14.6. The van der Waals surface area contributed by atoms with Gasteiger partial charge in [0.1, 0.15) is 4.90 Å². The molecular formula is C53H70F5N7O6S3. The van der Waals surface area contributed by atoms with Gasteiger partial charge in [0.15, 0.2) is 0 Å². The van der Waals surface area contributed by atoms with Crippen LogP contribution in [0.3, 0.4) is 0 Å². The second-order valence-electron chi connectivity index (χ2n) is 21.8. The number of carbonyl (C=O) groups excluding carboxylic acids is 2. The number of piperazine rings is 2. The summed E-state index contributed by atoms with van der Waals surface area (Å²) in [5.41, 5.74) is 2.25. The molecule has 6 aliphatic rings. The maximum Gasteiger partial charge on any atom is 0.501 e. The molecular weight excluding hydrogens is 1020 g/mol. The largest absolute Gasteiger partial charge is 0.501 e. The van der Waals surface area contributed by atoms with E-state index in [0.29, 0.717) is 96.3 Å². The highest BCUT2D eigenvalue weighted by molar-refractivity contribution is 7.99. The van der Waals surface area contributed by atoms with Crippen LogP contribution in [0.5, 0.6) is 0 Å². The average Bonchev–Trinajstić information content (AvgIpc) is 3.33. The number of sulfonamides is 1. The number of nitrogens with two attached hydrogens (primary N) is 1. The zero-order chi connectivity index (χ0) is 53.1. The number of unbranched alkanes of at least 4 members (excludes halogenated alkanes) is 2. The predicted octanol–water partition coefficient (Wildman–Crippen LogP) is 8.79. The van der Waals surface area contributed by atoms with Gasteiger partial charge in [0, 0.05) is 105 Å². The Labute approximate surface area is 437 Å². The molecule has 1 atom stereocenters. The molecule has 2 saturated heterocycles. The van der Waals surface area contributed by atoms with E-state index < -0.39 is 64.6 Å². The summed E-state index contributed by atoms with van der Waals surface area (Å²) >= 11 is 1.42. The van der Waals surface area contributed by atoms with Gasteiger partial charge < -0.3 is 20.9 Å². The van der Waals surface area contributed by atoms with Crippen LogP contribution in [0.25, 0.3) is 0 Å². The first-order valence-electron chi connectivity index (χ1n) is 25.8. The van der Waals surface area contributed by atoms with E-state index in [9.17, 15) is 48.4 Å². The molecule has 0 radical (unpaired) electrons. The number of carbonyl (C=O) groups is 2. The van der Waals surface area contributed by atoms with E-state index in [1.165, 1.54) is 35.0 Å². The molecule has 0 aromatic heterocycles. The monoisotopic (exact) mass is 1090 g/mol. The van der Waals surface area contributed by atoms with Gasteiger partial charge in [-0.2, -0.15) is 13.2 Å². The van der Waals surface area contributed by atoms with E-state index in [0.717, 1.165) is 80.9 Å². The van der Waals surface area contributed by atoms with Gasteiger partial charge in [0.05, 0.1) is 10.6 Å². The zero-order valence-corrected chi connectivity index (χ0v) is 44.7. The second-order valence-corrected chi connectivity index (χ2v) is 26.5. The molecule has 9 rings (SSSR count). The van der Waals surface area contributed by atoms with Gasteiger partial charge in [0.2, 0.25) is 12.3 Å². The number of halogens is 5. The van der Waals surface area contributed by atoms with E-state index in [-0.39, 0.29) is 22.3 Å². The van der Waals surface area contributed by atoms with Crippen LogP contribution >= 0.6 is 11.8 Å². The number of benzene rings is 3. The summed E-state index contributed by atoms with van der Waals surface area (Å²) < 4.78 is 126. The third kappa shape index (κ3) is 12.8. The summed E-state index contributed by atoms with van der Waals surface area (Å²) in [5, 5.41) is 3.00. The lowest BCUT2D eigenvalue weighted by Crippen LogP contribution is -2.66. The maximum absolute atomic E-state index is 14.3. The fraction of sp³-hybridized carbons (Fsp3) is 0.585. The number of nitrogens with zero attached hydrogens (tertiary/aromatic N) is 4. The summed E-state index contributed by atoms with van der Waals surface area (Å²) in [6, 6.07) is 17.4. The van der Waals surface area contributed by atoms with Crippen molar-refractivity contribution in [3.05, 3.63) is 89.5 Å². The average molecular weight is 1090 g/mol. The molecule has 406 valence electrons. The minimum atomic E-state index is -6.12. The van der Waals surface area contributed by atoms with Crippen molar-refractivity contribution in [1.29, 1.82) is 0 Å². The van der Waals surface area contributed by atoms with Crippen molar-refractivity contribution in [1.82, 2.24) is 19.4 Å². The number of hydrogen-bond donors (Lipinski definition) is 3. The summed E-state index contributed by atoms with van der Waals surface area (Å²) in [6.07, 6.45) is 5.85. The van der Waals surface area contributed by atoms with E-state index in [4.69, 9.17) is 5.73 Å². The Bertz CT molecular complexity index is 2710. The number of rotatable bonds is 22. The Morgan fingerprint density at radius 3 is 2.12 bits per heavy atom. The first-order chi connectivity index (χ1) is 35.0. The predicted molar refractivity (Wildman–Crippen MR) is 279 cm³/mol. The molecule has 0 spiro atoms. The third-order valence-electron chi connectivity index (χ3n) is 15.9. The van der Waals surface area contributed by atoms with Crippen molar-refractivity contribution in [2.24, 2.45) is 22.0 Å². The van der Waals surface area contributed by atoms with E-state index in [1.807, 2.05) is 40.0 Å². The summed E-state index contributed by atoms with van der Waals surface area (Å²) in [4.78, 5) is 33.5. The normalized spacial score (nSPS) is 23.0. The zero-order valence-electron chi connectivity index (χ0n) is 42.3. The molecule has 74 heavy (non-hydrogen) atoms. The molecule has 5 fully saturated rings. The molecule has 2 bridgehead atoms. The molecule has 3 aromatic rings. The number of anilines is 2. The second kappa shape index (κ2) is 22.7. The smallest absolute Gasteiger partial charge is 0.380 e. The Morgan fingerprint density at radius 2 is 1.49 bits per heavy atom. The Kier molecular flexibility index (Phi) is 17.2. The topological polar surface area (TPSA) is 165 Å². The van der Waals surface area contributed by atoms with Gasteiger partial charge in [-0.3, -0.25) is 19.4 Å². The number of sulfone groups is 1. The number of amides is 2. The number of thioether (sulfide) groups is 1. The van der Waals surface area contributed by atoms with Crippen LogP contribution in [0.15, 0.2) is 98.6 Å². The number of allylic oxidation sites excluding steroid dienone is 1. The number of nitrogens with one attached hydrogen (secondary N) is 2. The quantitative estimate of drug-likeness (QED) is 0.0380. The van der Waals surface area contributed by atoms with Crippen LogP contribution in [-0.4, -0.2) is 139 Å². The third-order valence-corrected chi connectivity index (χ3v) is 19.9. The Hall–Kier alpha value is -4.28. The molecule has 2 amide bonds. The van der Waals surface area contributed by atoms with Gasteiger partial charge in [-0.15, -0.1) is 11.8 Å². The van der Waals surface area contributed by atoms with Crippen molar-refractivity contribution in [2.75, 3.05) is 88.0 Å². The van der Waals surface area contributed by atoms with E-state index >= 15 is 0 Å². The van der Waals surface area contributed by atoms with Gasteiger partial charge in [0.25, 0.3) is 25.8 Å². The minimum Gasteiger partial charge on any atom is -0.380 e. The lowest BCUT2D eigenvalue weighted by atomic mass is 9.32. The van der Waals surface area contributed by atoms with Crippen LogP contribution in [0.2, 0.25) is 0 Å². The standard InChI is InChI=1S/C53H70F5N7O6S3/c1-50(2)20-18-39(44(32-50)51-35-52(36-51,37-51)49(54)55)33-63-25-27-64(28-26-63)41-14-12-38(13-15-41)48(67)61-74(70,71)43-16-17-45(46(31-43)73(68,69)53(56,57)58)60-40(34-72-42-9-5-3-6-10-42)19-22-62-23-29-65(30-24-62)47(66)11-7-4-8-21-59/h3,5-6,9-10,12-17,31,40,49,60H,4,7-8,11,18-30,32-37,59H2,1-2H3,(H,61,67). The van der Waals surface area contributed by atoms with E-state index in [1.54, 1.807) is 12.1 Å². The molecule has 4 N–H and O–H groups in total. The summed E-state index contributed by atoms with van der Waals surface area (Å²) in [7, 11) is -11.0. The van der Waals surface area contributed by atoms with Crippen LogP contribution in [0.1, 0.15) is 94.8 Å². The van der Waals surface area contributed by atoms with Crippen LogP contribution in [0, 0.1) is 16.2 Å². The molecule has 4 aliphatic carbocycles. The molecule has 3 aromatic carbocycles. The highest BCUT2D eigenvalue weighted by Crippen LogP contribution is 2.79. The number of hydrogen-bond acceptors (Lipinski definition) is 12. The van der Waals surface area contributed by atoms with Crippen LogP contribution < -0.4 is 20.7 Å².